The fourth-order valence-electron chi connectivity index (χ4n) is 2.62. The highest BCUT2D eigenvalue weighted by Crippen LogP contribution is 2.39. The second-order valence-electron chi connectivity index (χ2n) is 6.42. The summed E-state index contributed by atoms with van der Waals surface area (Å²) in [6.07, 6.45) is 3.47. The van der Waals surface area contributed by atoms with Gasteiger partial charge in [-0.1, -0.05) is 12.1 Å². The number of hydrogen-bond acceptors (Lipinski definition) is 4. The lowest BCUT2D eigenvalue weighted by Gasteiger charge is -2.24. The molecule has 0 spiro atoms. The van der Waals surface area contributed by atoms with E-state index in [0.717, 1.165) is 24.1 Å². The summed E-state index contributed by atoms with van der Waals surface area (Å²) in [5.74, 6) is 0.364. The van der Waals surface area contributed by atoms with Crippen molar-refractivity contribution in [3.05, 3.63) is 47.3 Å². The molecule has 3 rings (SSSR count). The summed E-state index contributed by atoms with van der Waals surface area (Å²) in [6.45, 7) is 1.90. The number of nitrogens with zero attached hydrogens (tertiary/aromatic N) is 2. The summed E-state index contributed by atoms with van der Waals surface area (Å²) in [5.41, 5.74) is 2.31. The minimum absolute atomic E-state index is 0.155. The van der Waals surface area contributed by atoms with E-state index < -0.39 is 9.84 Å². The van der Waals surface area contributed by atoms with Crippen LogP contribution in [-0.4, -0.2) is 42.7 Å². The van der Waals surface area contributed by atoms with Crippen molar-refractivity contribution in [1.82, 2.24) is 15.1 Å². The second kappa shape index (κ2) is 6.05. The number of H-pyrrole nitrogens is 1. The normalized spacial score (nSPS) is 16.0. The van der Waals surface area contributed by atoms with E-state index in [0.29, 0.717) is 11.6 Å². The summed E-state index contributed by atoms with van der Waals surface area (Å²) in [6, 6.07) is 8.26. The Morgan fingerprint density at radius 1 is 1.29 bits per heavy atom. The first kappa shape index (κ1) is 16.7. The van der Waals surface area contributed by atoms with Crippen LogP contribution in [0.1, 0.15) is 53.5 Å². The van der Waals surface area contributed by atoms with Crippen molar-refractivity contribution < 1.29 is 13.2 Å². The number of nitrogens with one attached hydrogen (secondary N) is 1. The molecule has 0 saturated heterocycles. The van der Waals surface area contributed by atoms with Gasteiger partial charge in [0.25, 0.3) is 5.91 Å². The third-order valence-corrected chi connectivity index (χ3v) is 5.65. The van der Waals surface area contributed by atoms with Crippen molar-refractivity contribution in [2.45, 2.75) is 36.6 Å². The van der Waals surface area contributed by atoms with Gasteiger partial charge in [-0.3, -0.25) is 9.89 Å². The third kappa shape index (κ3) is 3.36. The lowest BCUT2D eigenvalue weighted by atomic mass is 10.1. The van der Waals surface area contributed by atoms with E-state index in [4.69, 9.17) is 0 Å². The second-order valence-corrected chi connectivity index (χ2v) is 8.43. The van der Waals surface area contributed by atoms with Crippen molar-refractivity contribution in [3.8, 4) is 0 Å². The lowest BCUT2D eigenvalue weighted by Crippen LogP contribution is -2.30. The van der Waals surface area contributed by atoms with Crippen molar-refractivity contribution in [2.24, 2.45) is 0 Å². The van der Waals surface area contributed by atoms with Crippen LogP contribution in [0.3, 0.4) is 0 Å². The Morgan fingerprint density at radius 3 is 2.46 bits per heavy atom. The first-order valence-corrected chi connectivity index (χ1v) is 9.79. The van der Waals surface area contributed by atoms with Gasteiger partial charge in [0.2, 0.25) is 0 Å². The van der Waals surface area contributed by atoms with Crippen LogP contribution in [0.2, 0.25) is 0 Å². The number of rotatable bonds is 5. The van der Waals surface area contributed by atoms with Gasteiger partial charge >= 0.3 is 0 Å². The highest BCUT2D eigenvalue weighted by molar-refractivity contribution is 7.90. The van der Waals surface area contributed by atoms with E-state index in [1.54, 1.807) is 36.2 Å². The number of carbonyl (C=O) groups excluding carboxylic acids is 1. The lowest BCUT2D eigenvalue weighted by molar-refractivity contribution is 0.0736. The van der Waals surface area contributed by atoms with E-state index in [9.17, 15) is 13.2 Å². The van der Waals surface area contributed by atoms with E-state index in [2.05, 4.69) is 10.2 Å². The molecule has 1 aliphatic carbocycles. The van der Waals surface area contributed by atoms with Gasteiger partial charge in [-0.15, -0.1) is 0 Å². The van der Waals surface area contributed by atoms with E-state index >= 15 is 0 Å². The van der Waals surface area contributed by atoms with Crippen LogP contribution in [0.15, 0.2) is 35.2 Å². The zero-order chi connectivity index (χ0) is 17.5. The molecule has 1 aromatic heterocycles. The van der Waals surface area contributed by atoms with Crippen LogP contribution < -0.4 is 0 Å². The molecular weight excluding hydrogens is 326 g/mol. The fraction of sp³-hybridized carbons (Fsp3) is 0.412. The van der Waals surface area contributed by atoms with Gasteiger partial charge in [0, 0.05) is 24.9 Å². The first-order chi connectivity index (χ1) is 11.3. The van der Waals surface area contributed by atoms with Crippen molar-refractivity contribution in [3.63, 3.8) is 0 Å². The Morgan fingerprint density at radius 2 is 1.92 bits per heavy atom. The van der Waals surface area contributed by atoms with Crippen LogP contribution in [0.25, 0.3) is 0 Å². The van der Waals surface area contributed by atoms with Gasteiger partial charge in [0.15, 0.2) is 9.84 Å². The largest absolute Gasteiger partial charge is 0.334 e. The monoisotopic (exact) mass is 347 g/mol. The summed E-state index contributed by atoms with van der Waals surface area (Å²) >= 11 is 0. The van der Waals surface area contributed by atoms with Gasteiger partial charge < -0.3 is 4.90 Å². The number of carbonyl (C=O) groups is 1. The fourth-order valence-corrected chi connectivity index (χ4v) is 3.25. The van der Waals surface area contributed by atoms with Gasteiger partial charge in [-0.05, 0) is 43.5 Å². The molecular formula is C17H21N3O3S. The van der Waals surface area contributed by atoms with E-state index in [1.165, 1.54) is 6.26 Å². The van der Waals surface area contributed by atoms with Gasteiger partial charge in [0.05, 0.1) is 10.9 Å². The van der Waals surface area contributed by atoms with Crippen LogP contribution >= 0.6 is 0 Å². The summed E-state index contributed by atoms with van der Waals surface area (Å²) in [7, 11) is -1.49. The van der Waals surface area contributed by atoms with Crippen LogP contribution in [0.4, 0.5) is 0 Å². The molecule has 0 aliphatic heterocycles. The highest BCUT2D eigenvalue weighted by Gasteiger charge is 2.28. The maximum atomic E-state index is 12.6. The highest BCUT2D eigenvalue weighted by atomic mass is 32.2. The Balaban J connectivity index is 1.75. The Hall–Kier alpha value is -2.15. The zero-order valence-corrected chi connectivity index (χ0v) is 14.8. The van der Waals surface area contributed by atoms with Gasteiger partial charge in [-0.25, -0.2) is 8.42 Å². The first-order valence-electron chi connectivity index (χ1n) is 7.90. The maximum Gasteiger partial charge on any atom is 0.274 e. The van der Waals surface area contributed by atoms with Crippen molar-refractivity contribution in [1.29, 1.82) is 0 Å². The molecule has 1 aromatic carbocycles. The van der Waals surface area contributed by atoms with Crippen LogP contribution in [-0.2, 0) is 9.84 Å². The molecule has 6 nitrogen and oxygen atoms in total. The van der Waals surface area contributed by atoms with E-state index in [1.807, 2.05) is 13.0 Å². The standard InChI is InChI=1S/C17H21N3O3S/c1-11(12-6-8-14(9-7-12)24(3,22)23)20(2)17(21)16-10-15(18-19-16)13-4-5-13/h6-11,13H,4-5H2,1-3H3,(H,18,19)/t11-/m1/s1. The van der Waals surface area contributed by atoms with E-state index in [-0.39, 0.29) is 16.8 Å². The molecule has 1 fully saturated rings. The number of amides is 1. The van der Waals surface area contributed by atoms with Crippen LogP contribution in [0.5, 0.6) is 0 Å². The summed E-state index contributed by atoms with van der Waals surface area (Å²) in [5, 5.41) is 7.07. The Labute approximate surface area is 141 Å². The number of benzene rings is 1. The van der Waals surface area contributed by atoms with Gasteiger partial charge in [0.1, 0.15) is 5.69 Å². The molecule has 2 aromatic rings. The molecule has 24 heavy (non-hydrogen) atoms. The van der Waals surface area contributed by atoms with Gasteiger partial charge in [-0.2, -0.15) is 5.10 Å². The molecule has 0 unspecified atom stereocenters. The number of hydrogen-bond donors (Lipinski definition) is 1. The maximum absolute atomic E-state index is 12.6. The third-order valence-electron chi connectivity index (χ3n) is 4.53. The molecule has 1 amide bonds. The molecule has 0 bridgehead atoms. The molecule has 1 aliphatic rings. The predicted octanol–water partition coefficient (Wildman–Crippen LogP) is 2.52. The molecule has 1 N–H and O–H groups in total. The average molecular weight is 347 g/mol. The minimum Gasteiger partial charge on any atom is -0.334 e. The SMILES string of the molecule is C[C@H](c1ccc(S(C)(=O)=O)cc1)N(C)C(=O)c1cc(C2CC2)[nH]n1. The van der Waals surface area contributed by atoms with Crippen LogP contribution in [0, 0.1) is 0 Å². The quantitative estimate of drug-likeness (QED) is 0.901. The predicted molar refractivity (Wildman–Crippen MR) is 90.6 cm³/mol. The Kier molecular flexibility index (Phi) is 4.21. The molecule has 7 heteroatoms. The Bertz CT molecular complexity index is 851. The average Bonchev–Trinajstić information content (AvgIpc) is 3.29. The number of aromatic amines is 1. The molecule has 1 heterocycles. The zero-order valence-electron chi connectivity index (χ0n) is 14.0. The molecule has 1 atom stereocenters. The molecule has 0 radical (unpaired) electrons. The minimum atomic E-state index is -3.22. The smallest absolute Gasteiger partial charge is 0.274 e. The topological polar surface area (TPSA) is 83.1 Å². The molecule has 1 saturated carbocycles. The number of sulfone groups is 1. The summed E-state index contributed by atoms with van der Waals surface area (Å²) in [4.78, 5) is 14.5. The van der Waals surface area contributed by atoms with Crippen molar-refractivity contribution in [2.75, 3.05) is 13.3 Å². The molecule has 128 valence electrons. The number of aromatic nitrogens is 2. The van der Waals surface area contributed by atoms with Crippen molar-refractivity contribution >= 4 is 15.7 Å². The summed E-state index contributed by atoms with van der Waals surface area (Å²) < 4.78 is 23.1.